The van der Waals surface area contributed by atoms with Gasteiger partial charge in [0.25, 0.3) is 0 Å². The molecule has 102 valence electrons. The molecule has 2 nitrogen and oxygen atoms in total. The highest BCUT2D eigenvalue weighted by Gasteiger charge is 2.07. The molecule has 0 aliphatic rings. The standard InChI is InChI=1S/C17H18N2S/c18-16(7-1-5-15-6-3-11-20-15)13-8-9-17-14(12-13)4-2-10-19-17/h2-4,6,8-12,16H,1,5,7,18H2. The average molecular weight is 282 g/mol. The number of benzene rings is 1. The largest absolute Gasteiger partial charge is 0.324 e. The van der Waals surface area contributed by atoms with Gasteiger partial charge in [-0.15, -0.1) is 11.3 Å². The Morgan fingerprint density at radius 3 is 2.95 bits per heavy atom. The van der Waals surface area contributed by atoms with E-state index in [1.165, 1.54) is 15.8 Å². The van der Waals surface area contributed by atoms with Crippen molar-refractivity contribution < 1.29 is 0 Å². The van der Waals surface area contributed by atoms with E-state index in [-0.39, 0.29) is 6.04 Å². The van der Waals surface area contributed by atoms with Gasteiger partial charge in [-0.1, -0.05) is 18.2 Å². The fraction of sp³-hybridized carbons (Fsp3) is 0.235. The number of aryl methyl sites for hydroxylation is 1. The third-order valence-corrected chi connectivity index (χ3v) is 4.51. The van der Waals surface area contributed by atoms with E-state index in [0.29, 0.717) is 0 Å². The molecular weight excluding hydrogens is 264 g/mol. The number of thiophene rings is 1. The van der Waals surface area contributed by atoms with E-state index in [0.717, 1.165) is 24.8 Å². The summed E-state index contributed by atoms with van der Waals surface area (Å²) in [7, 11) is 0. The van der Waals surface area contributed by atoms with Gasteiger partial charge in [0.2, 0.25) is 0 Å². The molecule has 2 N–H and O–H groups in total. The van der Waals surface area contributed by atoms with E-state index in [2.05, 4.69) is 46.8 Å². The summed E-state index contributed by atoms with van der Waals surface area (Å²) in [5.41, 5.74) is 8.54. The van der Waals surface area contributed by atoms with Gasteiger partial charge in [0, 0.05) is 22.5 Å². The van der Waals surface area contributed by atoms with Crippen LogP contribution in [0.5, 0.6) is 0 Å². The molecule has 3 heteroatoms. The molecule has 3 aromatic rings. The molecule has 1 aromatic carbocycles. The van der Waals surface area contributed by atoms with Crippen molar-refractivity contribution in [3.8, 4) is 0 Å². The van der Waals surface area contributed by atoms with Gasteiger partial charge in [-0.25, -0.2) is 0 Å². The summed E-state index contributed by atoms with van der Waals surface area (Å²) in [4.78, 5) is 5.78. The zero-order valence-corrected chi connectivity index (χ0v) is 12.1. The summed E-state index contributed by atoms with van der Waals surface area (Å²) < 4.78 is 0. The molecule has 1 atom stereocenters. The minimum atomic E-state index is 0.111. The van der Waals surface area contributed by atoms with Gasteiger partial charge in [0.05, 0.1) is 5.52 Å². The number of rotatable bonds is 5. The zero-order valence-electron chi connectivity index (χ0n) is 11.3. The number of nitrogens with two attached hydrogens (primary N) is 1. The molecule has 20 heavy (non-hydrogen) atoms. The van der Waals surface area contributed by atoms with Crippen LogP contribution in [0.1, 0.15) is 29.3 Å². The first-order valence-corrected chi connectivity index (χ1v) is 7.83. The van der Waals surface area contributed by atoms with Crippen LogP contribution in [0.3, 0.4) is 0 Å². The number of pyridine rings is 1. The lowest BCUT2D eigenvalue weighted by Gasteiger charge is -2.12. The van der Waals surface area contributed by atoms with Crippen LogP contribution in [-0.4, -0.2) is 4.98 Å². The van der Waals surface area contributed by atoms with E-state index in [1.54, 1.807) is 0 Å². The van der Waals surface area contributed by atoms with Crippen molar-refractivity contribution in [1.29, 1.82) is 0 Å². The monoisotopic (exact) mass is 282 g/mol. The second kappa shape index (κ2) is 6.16. The second-order valence-electron chi connectivity index (χ2n) is 5.03. The van der Waals surface area contributed by atoms with E-state index in [4.69, 9.17) is 5.73 Å². The first-order chi connectivity index (χ1) is 9.83. The summed E-state index contributed by atoms with van der Waals surface area (Å²) in [6.07, 6.45) is 5.10. The lowest BCUT2D eigenvalue weighted by molar-refractivity contribution is 0.614. The predicted molar refractivity (Wildman–Crippen MR) is 85.9 cm³/mol. The lowest BCUT2D eigenvalue weighted by Crippen LogP contribution is -2.10. The maximum Gasteiger partial charge on any atom is 0.0702 e. The lowest BCUT2D eigenvalue weighted by atomic mass is 10.00. The Kier molecular flexibility index (Phi) is 4.09. The van der Waals surface area contributed by atoms with Crippen molar-refractivity contribution in [1.82, 2.24) is 4.98 Å². The zero-order chi connectivity index (χ0) is 13.8. The first-order valence-electron chi connectivity index (χ1n) is 6.95. The van der Waals surface area contributed by atoms with Crippen LogP contribution in [0.4, 0.5) is 0 Å². The van der Waals surface area contributed by atoms with Crippen LogP contribution in [0.2, 0.25) is 0 Å². The molecule has 1 unspecified atom stereocenters. The van der Waals surface area contributed by atoms with Gasteiger partial charge < -0.3 is 5.73 Å². The molecule has 2 aromatic heterocycles. The smallest absolute Gasteiger partial charge is 0.0702 e. The Balaban J connectivity index is 1.64. The van der Waals surface area contributed by atoms with Gasteiger partial charge >= 0.3 is 0 Å². The van der Waals surface area contributed by atoms with Gasteiger partial charge in [0.1, 0.15) is 0 Å². The van der Waals surface area contributed by atoms with Crippen LogP contribution in [0.15, 0.2) is 54.0 Å². The van der Waals surface area contributed by atoms with Crippen molar-refractivity contribution in [2.24, 2.45) is 5.73 Å². The summed E-state index contributed by atoms with van der Waals surface area (Å²) in [5.74, 6) is 0. The van der Waals surface area contributed by atoms with Gasteiger partial charge in [-0.05, 0) is 54.5 Å². The van der Waals surface area contributed by atoms with Crippen molar-refractivity contribution in [3.63, 3.8) is 0 Å². The molecule has 0 bridgehead atoms. The Hall–Kier alpha value is -1.71. The van der Waals surface area contributed by atoms with E-state index < -0.39 is 0 Å². The van der Waals surface area contributed by atoms with Gasteiger partial charge in [-0.3, -0.25) is 4.98 Å². The summed E-state index contributed by atoms with van der Waals surface area (Å²) in [6.45, 7) is 0. The molecule has 0 spiro atoms. The number of aromatic nitrogens is 1. The number of fused-ring (bicyclic) bond motifs is 1. The molecule has 0 radical (unpaired) electrons. The van der Waals surface area contributed by atoms with E-state index >= 15 is 0 Å². The van der Waals surface area contributed by atoms with Gasteiger partial charge in [-0.2, -0.15) is 0 Å². The van der Waals surface area contributed by atoms with Crippen molar-refractivity contribution in [3.05, 3.63) is 64.5 Å². The molecule has 0 fully saturated rings. The first kappa shape index (κ1) is 13.3. The van der Waals surface area contributed by atoms with Crippen LogP contribution in [-0.2, 0) is 6.42 Å². The Morgan fingerprint density at radius 1 is 1.15 bits per heavy atom. The molecular formula is C17H18N2S. The topological polar surface area (TPSA) is 38.9 Å². The molecule has 0 saturated carbocycles. The van der Waals surface area contributed by atoms with Crippen LogP contribution in [0, 0.1) is 0 Å². The normalized spacial score (nSPS) is 12.7. The second-order valence-corrected chi connectivity index (χ2v) is 6.07. The van der Waals surface area contributed by atoms with Crippen LogP contribution in [0.25, 0.3) is 10.9 Å². The van der Waals surface area contributed by atoms with E-state index in [9.17, 15) is 0 Å². The number of hydrogen-bond acceptors (Lipinski definition) is 3. The Morgan fingerprint density at radius 2 is 2.10 bits per heavy atom. The molecule has 0 aliphatic carbocycles. The maximum absolute atomic E-state index is 6.31. The number of hydrogen-bond donors (Lipinski definition) is 1. The summed E-state index contributed by atoms with van der Waals surface area (Å²) >= 11 is 1.82. The highest BCUT2D eigenvalue weighted by Crippen LogP contribution is 2.22. The molecule has 0 saturated heterocycles. The molecule has 0 amide bonds. The fourth-order valence-corrected chi connectivity index (χ4v) is 3.19. The van der Waals surface area contributed by atoms with Crippen molar-refractivity contribution >= 4 is 22.2 Å². The van der Waals surface area contributed by atoms with Gasteiger partial charge in [0.15, 0.2) is 0 Å². The summed E-state index contributed by atoms with van der Waals surface area (Å²) in [6, 6.07) is 14.8. The van der Waals surface area contributed by atoms with Crippen molar-refractivity contribution in [2.75, 3.05) is 0 Å². The SMILES string of the molecule is NC(CCCc1cccs1)c1ccc2ncccc2c1. The van der Waals surface area contributed by atoms with Crippen LogP contribution >= 0.6 is 11.3 Å². The molecule has 2 heterocycles. The third kappa shape index (κ3) is 3.06. The quantitative estimate of drug-likeness (QED) is 0.757. The minimum absolute atomic E-state index is 0.111. The van der Waals surface area contributed by atoms with Crippen LogP contribution < -0.4 is 5.73 Å². The number of nitrogens with zero attached hydrogens (tertiary/aromatic N) is 1. The third-order valence-electron chi connectivity index (χ3n) is 3.57. The maximum atomic E-state index is 6.31. The minimum Gasteiger partial charge on any atom is -0.324 e. The highest BCUT2D eigenvalue weighted by atomic mass is 32.1. The Labute approximate surface area is 123 Å². The molecule has 3 rings (SSSR count). The van der Waals surface area contributed by atoms with E-state index in [1.807, 2.05) is 23.6 Å². The van der Waals surface area contributed by atoms with Crippen molar-refractivity contribution in [2.45, 2.75) is 25.3 Å². The molecule has 0 aliphatic heterocycles. The fourth-order valence-electron chi connectivity index (χ4n) is 2.44. The average Bonchev–Trinajstić information content (AvgIpc) is 3.00. The summed E-state index contributed by atoms with van der Waals surface area (Å²) in [5, 5.41) is 3.30. The highest BCUT2D eigenvalue weighted by molar-refractivity contribution is 7.09. The Bertz CT molecular complexity index is 676. The predicted octanol–water partition coefficient (Wildman–Crippen LogP) is 4.32.